The number of ether oxygens (including phenoxy) is 1. The first-order valence-corrected chi connectivity index (χ1v) is 4.42. The SMILES string of the molecule is Nc1nc(N)nc(NCCOCCO)n1. The summed E-state index contributed by atoms with van der Waals surface area (Å²) in [7, 11) is 0. The molecule has 0 aliphatic rings. The van der Waals surface area contributed by atoms with E-state index in [1.54, 1.807) is 0 Å². The Kier molecular flexibility index (Phi) is 4.51. The van der Waals surface area contributed by atoms with Gasteiger partial charge in [-0.2, -0.15) is 15.0 Å². The molecule has 0 spiro atoms. The van der Waals surface area contributed by atoms with E-state index in [-0.39, 0.29) is 18.5 Å². The minimum absolute atomic E-state index is 0.00561. The number of anilines is 3. The molecule has 6 N–H and O–H groups in total. The van der Waals surface area contributed by atoms with Crippen molar-refractivity contribution in [2.45, 2.75) is 0 Å². The van der Waals surface area contributed by atoms with Gasteiger partial charge >= 0.3 is 0 Å². The van der Waals surface area contributed by atoms with E-state index >= 15 is 0 Å². The summed E-state index contributed by atoms with van der Waals surface area (Å²) in [4.78, 5) is 11.2. The number of nitrogens with two attached hydrogens (primary N) is 2. The number of nitrogens with one attached hydrogen (secondary N) is 1. The highest BCUT2D eigenvalue weighted by Gasteiger charge is 1.99. The van der Waals surface area contributed by atoms with E-state index in [0.717, 1.165) is 0 Å². The maximum atomic E-state index is 8.44. The van der Waals surface area contributed by atoms with Crippen LogP contribution in [0.1, 0.15) is 0 Å². The maximum absolute atomic E-state index is 8.44. The van der Waals surface area contributed by atoms with Crippen LogP contribution in [0, 0.1) is 0 Å². The summed E-state index contributed by atoms with van der Waals surface area (Å²) in [6.45, 7) is 1.25. The summed E-state index contributed by atoms with van der Waals surface area (Å²) in [6, 6.07) is 0. The minimum Gasteiger partial charge on any atom is -0.394 e. The molecule has 0 bridgehead atoms. The minimum atomic E-state index is 0.00561. The zero-order valence-electron chi connectivity index (χ0n) is 8.18. The zero-order valence-corrected chi connectivity index (χ0v) is 8.18. The van der Waals surface area contributed by atoms with Crippen molar-refractivity contribution in [2.75, 3.05) is 43.1 Å². The van der Waals surface area contributed by atoms with Crippen molar-refractivity contribution in [3.63, 3.8) is 0 Å². The van der Waals surface area contributed by atoms with Crippen LogP contribution in [-0.4, -0.2) is 46.4 Å². The molecular formula is C7H14N6O2. The fourth-order valence-corrected chi connectivity index (χ4v) is 0.890. The quantitative estimate of drug-likeness (QED) is 0.419. The van der Waals surface area contributed by atoms with E-state index in [9.17, 15) is 0 Å². The number of hydrogen-bond donors (Lipinski definition) is 4. The van der Waals surface area contributed by atoms with E-state index in [2.05, 4.69) is 20.3 Å². The summed E-state index contributed by atoms with van der Waals surface area (Å²) >= 11 is 0. The second-order valence-corrected chi connectivity index (χ2v) is 2.64. The summed E-state index contributed by atoms with van der Waals surface area (Å²) in [6.07, 6.45) is 0. The first-order valence-electron chi connectivity index (χ1n) is 4.42. The van der Waals surface area contributed by atoms with E-state index in [1.807, 2.05) is 0 Å². The highest BCUT2D eigenvalue weighted by Crippen LogP contribution is 2.02. The van der Waals surface area contributed by atoms with Crippen molar-refractivity contribution in [1.82, 2.24) is 15.0 Å². The lowest BCUT2D eigenvalue weighted by Crippen LogP contribution is -2.14. The number of hydrogen-bond acceptors (Lipinski definition) is 8. The van der Waals surface area contributed by atoms with Crippen molar-refractivity contribution < 1.29 is 9.84 Å². The van der Waals surface area contributed by atoms with Gasteiger partial charge in [-0.05, 0) is 0 Å². The Balaban J connectivity index is 2.31. The molecule has 15 heavy (non-hydrogen) atoms. The Morgan fingerprint density at radius 1 is 1.13 bits per heavy atom. The second-order valence-electron chi connectivity index (χ2n) is 2.64. The van der Waals surface area contributed by atoms with E-state index in [1.165, 1.54) is 0 Å². The molecule has 0 aliphatic carbocycles. The average Bonchev–Trinajstić information content (AvgIpc) is 2.16. The molecule has 84 valence electrons. The lowest BCUT2D eigenvalue weighted by molar-refractivity contribution is 0.0991. The number of nitrogens with zero attached hydrogens (tertiary/aromatic N) is 3. The fourth-order valence-electron chi connectivity index (χ4n) is 0.890. The third kappa shape index (κ3) is 4.38. The molecule has 1 aromatic rings. The Labute approximate surface area is 86.7 Å². The molecule has 1 heterocycles. The lowest BCUT2D eigenvalue weighted by Gasteiger charge is -2.05. The normalized spacial score (nSPS) is 10.2. The van der Waals surface area contributed by atoms with Gasteiger partial charge < -0.3 is 26.6 Å². The van der Waals surface area contributed by atoms with Crippen molar-refractivity contribution in [1.29, 1.82) is 0 Å². The fraction of sp³-hybridized carbons (Fsp3) is 0.571. The van der Waals surface area contributed by atoms with E-state index in [4.69, 9.17) is 21.3 Å². The number of aliphatic hydroxyl groups excluding tert-OH is 1. The Bertz CT molecular complexity index is 287. The lowest BCUT2D eigenvalue weighted by atomic mass is 10.6. The van der Waals surface area contributed by atoms with Gasteiger partial charge in [0, 0.05) is 6.54 Å². The summed E-state index contributed by atoms with van der Waals surface area (Å²) in [5.41, 5.74) is 10.7. The van der Waals surface area contributed by atoms with E-state index in [0.29, 0.717) is 25.7 Å². The predicted molar refractivity (Wildman–Crippen MR) is 55.0 cm³/mol. The van der Waals surface area contributed by atoms with Gasteiger partial charge in [-0.15, -0.1) is 0 Å². The molecule has 1 aromatic heterocycles. The largest absolute Gasteiger partial charge is 0.394 e. The van der Waals surface area contributed by atoms with Crippen molar-refractivity contribution in [2.24, 2.45) is 0 Å². The molecule has 0 aromatic carbocycles. The Hall–Kier alpha value is -1.67. The number of nitrogen functional groups attached to an aromatic ring is 2. The third-order valence-corrected chi connectivity index (χ3v) is 1.44. The van der Waals surface area contributed by atoms with Crippen molar-refractivity contribution in [3.8, 4) is 0 Å². The third-order valence-electron chi connectivity index (χ3n) is 1.44. The van der Waals surface area contributed by atoms with Crippen LogP contribution in [0.3, 0.4) is 0 Å². The van der Waals surface area contributed by atoms with Gasteiger partial charge in [0.1, 0.15) is 0 Å². The monoisotopic (exact) mass is 214 g/mol. The van der Waals surface area contributed by atoms with Crippen LogP contribution in [0.5, 0.6) is 0 Å². The summed E-state index contributed by atoms with van der Waals surface area (Å²) < 4.78 is 5.02. The molecule has 8 heteroatoms. The smallest absolute Gasteiger partial charge is 0.229 e. The second kappa shape index (κ2) is 5.94. The van der Waals surface area contributed by atoms with Crippen LogP contribution in [0.25, 0.3) is 0 Å². The summed E-state index contributed by atoms with van der Waals surface area (Å²) in [5, 5.41) is 11.3. The standard InChI is InChI=1S/C7H14N6O2/c8-5-11-6(9)13-7(12-5)10-1-3-15-4-2-14/h14H,1-4H2,(H5,8,9,10,11,12,13). The molecule has 8 nitrogen and oxygen atoms in total. The molecule has 0 saturated carbocycles. The molecule has 0 saturated heterocycles. The molecule has 0 radical (unpaired) electrons. The van der Waals surface area contributed by atoms with Crippen molar-refractivity contribution in [3.05, 3.63) is 0 Å². The maximum Gasteiger partial charge on any atom is 0.229 e. The molecule has 0 unspecified atom stereocenters. The van der Waals surface area contributed by atoms with Gasteiger partial charge in [-0.1, -0.05) is 0 Å². The van der Waals surface area contributed by atoms with Gasteiger partial charge in [0.25, 0.3) is 0 Å². The Morgan fingerprint density at radius 2 is 1.80 bits per heavy atom. The first-order chi connectivity index (χ1) is 7.22. The Morgan fingerprint density at radius 3 is 2.40 bits per heavy atom. The van der Waals surface area contributed by atoms with Gasteiger partial charge in [0.2, 0.25) is 17.8 Å². The average molecular weight is 214 g/mol. The van der Waals surface area contributed by atoms with Crippen LogP contribution in [0.4, 0.5) is 17.8 Å². The molecule has 0 amide bonds. The highest BCUT2D eigenvalue weighted by atomic mass is 16.5. The predicted octanol–water partition coefficient (Wildman–Crippen LogP) is -1.54. The number of aromatic nitrogens is 3. The van der Waals surface area contributed by atoms with Gasteiger partial charge in [-0.25, -0.2) is 0 Å². The molecule has 0 fully saturated rings. The van der Waals surface area contributed by atoms with Gasteiger partial charge in [0.15, 0.2) is 0 Å². The van der Waals surface area contributed by atoms with Crippen LogP contribution < -0.4 is 16.8 Å². The van der Waals surface area contributed by atoms with Crippen LogP contribution in [0.2, 0.25) is 0 Å². The van der Waals surface area contributed by atoms with Crippen LogP contribution in [0.15, 0.2) is 0 Å². The summed E-state index contributed by atoms with van der Waals surface area (Å²) in [5.74, 6) is 0.454. The molecule has 0 aliphatic heterocycles. The van der Waals surface area contributed by atoms with Gasteiger partial charge in [-0.3, -0.25) is 0 Å². The highest BCUT2D eigenvalue weighted by molar-refractivity contribution is 5.36. The molecule has 0 atom stereocenters. The topological polar surface area (TPSA) is 132 Å². The van der Waals surface area contributed by atoms with Crippen LogP contribution >= 0.6 is 0 Å². The van der Waals surface area contributed by atoms with Crippen LogP contribution in [-0.2, 0) is 4.74 Å². The zero-order chi connectivity index (χ0) is 11.1. The van der Waals surface area contributed by atoms with Crippen molar-refractivity contribution >= 4 is 17.8 Å². The first kappa shape index (κ1) is 11.4. The van der Waals surface area contributed by atoms with E-state index < -0.39 is 0 Å². The molecule has 1 rings (SSSR count). The number of aliphatic hydroxyl groups is 1. The molecular weight excluding hydrogens is 200 g/mol. The number of rotatable bonds is 6. The van der Waals surface area contributed by atoms with Gasteiger partial charge in [0.05, 0.1) is 19.8 Å².